The summed E-state index contributed by atoms with van der Waals surface area (Å²) in [5.74, 6) is 1.26. The number of phenolic OH excluding ortho intramolecular Hbond substituents is 1. The van der Waals surface area contributed by atoms with Crippen LogP contribution in [0.4, 0.5) is 0 Å². The summed E-state index contributed by atoms with van der Waals surface area (Å²) in [6, 6.07) is 11.4. The first kappa shape index (κ1) is 24.8. The number of phenols is 1. The molecule has 2 aromatic carbocycles. The van der Waals surface area contributed by atoms with Crippen LogP contribution in [-0.2, 0) is 16.1 Å². The molecule has 4 rings (SSSR count). The molecule has 0 saturated carbocycles. The Kier molecular flexibility index (Phi) is 8.02. The molecule has 34 heavy (non-hydrogen) atoms. The number of hydrogen-bond donors (Lipinski definition) is 1. The summed E-state index contributed by atoms with van der Waals surface area (Å²) in [6.07, 6.45) is 2.34. The van der Waals surface area contributed by atoms with Gasteiger partial charge in [0.25, 0.3) is 0 Å². The van der Waals surface area contributed by atoms with E-state index in [2.05, 4.69) is 4.90 Å². The molecule has 0 aliphatic carbocycles. The Balaban J connectivity index is 1.52. The predicted molar refractivity (Wildman–Crippen MR) is 133 cm³/mol. The summed E-state index contributed by atoms with van der Waals surface area (Å²) in [5, 5.41) is 11.1. The Hall–Kier alpha value is -2.28. The Morgan fingerprint density at radius 3 is 2.71 bits per heavy atom. The van der Waals surface area contributed by atoms with Crippen LogP contribution in [0.15, 0.2) is 36.4 Å². The van der Waals surface area contributed by atoms with Gasteiger partial charge in [0.15, 0.2) is 0 Å². The summed E-state index contributed by atoms with van der Waals surface area (Å²) >= 11 is 6.19. The van der Waals surface area contributed by atoms with Crippen LogP contribution in [0.25, 0.3) is 0 Å². The first-order valence-corrected chi connectivity index (χ1v) is 12.5. The summed E-state index contributed by atoms with van der Waals surface area (Å²) in [6.45, 7) is 9.26. The second-order valence-electron chi connectivity index (χ2n) is 9.82. The zero-order chi connectivity index (χ0) is 24.1. The minimum atomic E-state index is -0.305. The number of carbonyl (C=O) groups excluding carboxylic acids is 1. The van der Waals surface area contributed by atoms with Gasteiger partial charge in [0.1, 0.15) is 11.5 Å². The van der Waals surface area contributed by atoms with E-state index in [-0.39, 0.29) is 11.3 Å². The number of piperidine rings is 1. The maximum Gasteiger partial charge on any atom is 0.223 e. The average molecular weight is 487 g/mol. The van der Waals surface area contributed by atoms with E-state index in [1.54, 1.807) is 6.07 Å². The number of aromatic hydroxyl groups is 1. The Morgan fingerprint density at radius 1 is 1.15 bits per heavy atom. The minimum Gasteiger partial charge on any atom is -0.508 e. The molecule has 7 heteroatoms. The lowest BCUT2D eigenvalue weighted by molar-refractivity contribution is -0.139. The van der Waals surface area contributed by atoms with E-state index < -0.39 is 0 Å². The van der Waals surface area contributed by atoms with E-state index in [4.69, 9.17) is 21.1 Å². The monoisotopic (exact) mass is 486 g/mol. The number of ether oxygens (including phenoxy) is 2. The normalized spacial score (nSPS) is 21.4. The van der Waals surface area contributed by atoms with Crippen molar-refractivity contribution < 1.29 is 19.4 Å². The maximum atomic E-state index is 13.3. The molecule has 6 nitrogen and oxygen atoms in total. The molecule has 1 atom stereocenters. The molecule has 0 aromatic heterocycles. The maximum absolute atomic E-state index is 13.3. The van der Waals surface area contributed by atoms with Crippen molar-refractivity contribution in [3.8, 4) is 11.5 Å². The minimum absolute atomic E-state index is 0.166. The molecule has 2 saturated heterocycles. The number of hydrogen-bond acceptors (Lipinski definition) is 5. The highest BCUT2D eigenvalue weighted by Gasteiger charge is 2.40. The number of nitrogens with zero attached hydrogens (tertiary/aromatic N) is 2. The van der Waals surface area contributed by atoms with Crippen molar-refractivity contribution in [2.75, 3.05) is 46.0 Å². The van der Waals surface area contributed by atoms with Crippen molar-refractivity contribution in [2.24, 2.45) is 5.41 Å². The Morgan fingerprint density at radius 2 is 1.94 bits per heavy atom. The Bertz CT molecular complexity index is 1010. The van der Waals surface area contributed by atoms with Crippen molar-refractivity contribution in [3.63, 3.8) is 0 Å². The zero-order valence-electron chi connectivity index (χ0n) is 20.2. The van der Waals surface area contributed by atoms with Crippen LogP contribution in [0.2, 0.25) is 5.02 Å². The third kappa shape index (κ3) is 6.23. The number of rotatable bonds is 7. The first-order chi connectivity index (χ1) is 16.3. The van der Waals surface area contributed by atoms with Gasteiger partial charge in [-0.15, -0.1) is 0 Å². The molecule has 1 N–H and O–H groups in total. The van der Waals surface area contributed by atoms with Crippen LogP contribution < -0.4 is 4.74 Å². The molecule has 2 fully saturated rings. The number of amides is 1. The second kappa shape index (κ2) is 11.0. The van der Waals surface area contributed by atoms with Gasteiger partial charge in [-0.25, -0.2) is 0 Å². The molecule has 2 aromatic rings. The number of aryl methyl sites for hydroxylation is 2. The SMILES string of the molecule is Cc1ccc(O)c(CN2CCC[C@@](COc3ccc(Cl)c(C)c3)(CC(=O)N3CCOCC3)C2)c1. The lowest BCUT2D eigenvalue weighted by Gasteiger charge is -2.43. The summed E-state index contributed by atoms with van der Waals surface area (Å²) in [5.41, 5.74) is 2.71. The van der Waals surface area contributed by atoms with Crippen LogP contribution in [0.3, 0.4) is 0 Å². The van der Waals surface area contributed by atoms with Crippen molar-refractivity contribution in [1.82, 2.24) is 9.80 Å². The molecule has 1 amide bonds. The lowest BCUT2D eigenvalue weighted by atomic mass is 9.77. The van der Waals surface area contributed by atoms with Crippen LogP contribution in [0.1, 0.15) is 36.0 Å². The molecule has 0 spiro atoms. The molecule has 2 aliphatic heterocycles. The fraction of sp³-hybridized carbons (Fsp3) is 0.519. The molecule has 2 aliphatic rings. The first-order valence-electron chi connectivity index (χ1n) is 12.1. The summed E-state index contributed by atoms with van der Waals surface area (Å²) < 4.78 is 11.7. The van der Waals surface area contributed by atoms with Crippen LogP contribution in [0, 0.1) is 19.3 Å². The number of benzene rings is 2. The fourth-order valence-electron chi connectivity index (χ4n) is 5.03. The third-order valence-electron chi connectivity index (χ3n) is 6.93. The lowest BCUT2D eigenvalue weighted by Crippen LogP contribution is -2.50. The molecule has 0 unspecified atom stereocenters. The van der Waals surface area contributed by atoms with Crippen LogP contribution >= 0.6 is 11.6 Å². The van der Waals surface area contributed by atoms with Crippen LogP contribution in [-0.4, -0.2) is 66.8 Å². The topological polar surface area (TPSA) is 62.2 Å². The van der Waals surface area contributed by atoms with E-state index in [1.807, 2.05) is 49.1 Å². The highest BCUT2D eigenvalue weighted by Crippen LogP contribution is 2.37. The molecular formula is C27H35ClN2O4. The molecule has 2 heterocycles. The van der Waals surface area contributed by atoms with E-state index in [1.165, 1.54) is 0 Å². The van der Waals surface area contributed by atoms with Crippen molar-refractivity contribution >= 4 is 17.5 Å². The average Bonchev–Trinajstić information content (AvgIpc) is 2.83. The fourth-order valence-corrected chi connectivity index (χ4v) is 5.15. The smallest absolute Gasteiger partial charge is 0.223 e. The van der Waals surface area contributed by atoms with Gasteiger partial charge in [0.05, 0.1) is 19.8 Å². The highest BCUT2D eigenvalue weighted by molar-refractivity contribution is 6.31. The summed E-state index contributed by atoms with van der Waals surface area (Å²) in [7, 11) is 0. The van der Waals surface area contributed by atoms with E-state index >= 15 is 0 Å². The van der Waals surface area contributed by atoms with Gasteiger partial charge in [-0.05, 0) is 63.1 Å². The number of morpholine rings is 1. The largest absolute Gasteiger partial charge is 0.508 e. The van der Waals surface area contributed by atoms with Gasteiger partial charge in [-0.3, -0.25) is 9.69 Å². The number of halogens is 1. The second-order valence-corrected chi connectivity index (χ2v) is 10.2. The third-order valence-corrected chi connectivity index (χ3v) is 7.36. The van der Waals surface area contributed by atoms with Crippen LogP contribution in [0.5, 0.6) is 11.5 Å². The zero-order valence-corrected chi connectivity index (χ0v) is 20.9. The number of likely N-dealkylation sites (tertiary alicyclic amines) is 1. The van der Waals surface area contributed by atoms with Crippen molar-refractivity contribution in [3.05, 3.63) is 58.1 Å². The van der Waals surface area contributed by atoms with Gasteiger partial charge in [0.2, 0.25) is 5.91 Å². The van der Waals surface area contributed by atoms with Gasteiger partial charge in [0, 0.05) is 48.6 Å². The molecule has 184 valence electrons. The quantitative estimate of drug-likeness (QED) is 0.621. The van der Waals surface area contributed by atoms with Gasteiger partial charge < -0.3 is 19.5 Å². The van der Waals surface area contributed by atoms with E-state index in [9.17, 15) is 9.90 Å². The number of carbonyl (C=O) groups is 1. The van der Waals surface area contributed by atoms with Gasteiger partial charge >= 0.3 is 0 Å². The molecule has 0 bridgehead atoms. The molecule has 0 radical (unpaired) electrons. The Labute approximate surface area is 207 Å². The van der Waals surface area contributed by atoms with Crippen molar-refractivity contribution in [2.45, 2.75) is 39.7 Å². The van der Waals surface area contributed by atoms with Gasteiger partial charge in [-0.2, -0.15) is 0 Å². The van der Waals surface area contributed by atoms with Crippen molar-refractivity contribution in [1.29, 1.82) is 0 Å². The predicted octanol–water partition coefficient (Wildman–Crippen LogP) is 4.57. The highest BCUT2D eigenvalue weighted by atomic mass is 35.5. The van der Waals surface area contributed by atoms with E-state index in [0.29, 0.717) is 56.6 Å². The molecular weight excluding hydrogens is 452 g/mol. The van der Waals surface area contributed by atoms with E-state index in [0.717, 1.165) is 48.4 Å². The standard InChI is InChI=1S/C27H35ClN2O4/c1-20-4-7-25(31)22(14-20)17-29-9-3-8-27(18-29,16-26(32)30-10-12-33-13-11-30)19-34-23-5-6-24(28)21(2)15-23/h4-7,14-15,31H,3,8-13,16-19H2,1-2H3/t27-/m1/s1. The van der Waals surface area contributed by atoms with Gasteiger partial charge in [-0.1, -0.05) is 29.3 Å². The summed E-state index contributed by atoms with van der Waals surface area (Å²) in [4.78, 5) is 17.6.